The number of para-hydroxylation sites is 2. The Hall–Kier alpha value is -1.26. The third kappa shape index (κ3) is 2.38. The Morgan fingerprint density at radius 3 is 2.80 bits per heavy atom. The van der Waals surface area contributed by atoms with Crippen LogP contribution in [0.4, 0.5) is 5.69 Å². The van der Waals surface area contributed by atoms with Crippen molar-refractivity contribution in [3.8, 4) is 5.75 Å². The van der Waals surface area contributed by atoms with Gasteiger partial charge in [-0.3, -0.25) is 4.79 Å². The van der Waals surface area contributed by atoms with Crippen LogP contribution in [0, 0.1) is 5.41 Å². The fraction of sp³-hybridized carbons (Fsp3) is 0.533. The zero-order chi connectivity index (χ0) is 13.3. The number of nitrogens with zero attached hydrogens (tertiary/aromatic N) is 1. The molecule has 2 aliphatic rings. The Morgan fingerprint density at radius 1 is 1.30 bits per heavy atom. The highest BCUT2D eigenvalue weighted by atomic mass is 35.5. The molecule has 1 unspecified atom stereocenters. The summed E-state index contributed by atoms with van der Waals surface area (Å²) < 4.78 is 5.37. The van der Waals surface area contributed by atoms with Gasteiger partial charge in [-0.15, -0.1) is 12.4 Å². The summed E-state index contributed by atoms with van der Waals surface area (Å²) in [5, 5.41) is 3.37. The number of carbonyl (C=O) groups is 1. The smallest absolute Gasteiger partial charge is 0.234 e. The predicted molar refractivity (Wildman–Crippen MR) is 81.7 cm³/mol. The lowest BCUT2D eigenvalue weighted by atomic mass is 9.79. The molecular formula is C15H21ClN2O2. The molecule has 1 N–H and O–H groups in total. The summed E-state index contributed by atoms with van der Waals surface area (Å²) in [4.78, 5) is 14.7. The number of piperidine rings is 1. The average Bonchev–Trinajstić information content (AvgIpc) is 2.77. The molecule has 1 atom stereocenters. The minimum Gasteiger partial charge on any atom is -0.495 e. The van der Waals surface area contributed by atoms with Crippen LogP contribution in [-0.2, 0) is 4.79 Å². The standard InChI is InChI=1S/C15H20N2O2.ClH/c1-19-13-6-3-2-5-12(13)17-10-8-15(14(17)18)7-4-9-16-11-15;/h2-3,5-6,16H,4,7-11H2,1H3;1H. The second-order valence-corrected chi connectivity index (χ2v) is 5.44. The summed E-state index contributed by atoms with van der Waals surface area (Å²) in [5.41, 5.74) is 0.719. The highest BCUT2D eigenvalue weighted by molar-refractivity contribution is 6.01. The minimum atomic E-state index is -0.181. The molecule has 1 aromatic carbocycles. The highest BCUT2D eigenvalue weighted by Crippen LogP contribution is 2.41. The number of ether oxygens (including phenoxy) is 1. The number of rotatable bonds is 2. The monoisotopic (exact) mass is 296 g/mol. The van der Waals surface area contributed by atoms with E-state index in [2.05, 4.69) is 5.32 Å². The average molecular weight is 297 g/mol. The van der Waals surface area contributed by atoms with Crippen molar-refractivity contribution in [1.29, 1.82) is 0 Å². The van der Waals surface area contributed by atoms with Crippen LogP contribution in [0.15, 0.2) is 24.3 Å². The molecule has 0 aromatic heterocycles. The van der Waals surface area contributed by atoms with Gasteiger partial charge in [-0.1, -0.05) is 12.1 Å². The van der Waals surface area contributed by atoms with Crippen molar-refractivity contribution in [3.05, 3.63) is 24.3 Å². The van der Waals surface area contributed by atoms with Gasteiger partial charge in [-0.05, 0) is 37.9 Å². The lowest BCUT2D eigenvalue weighted by Gasteiger charge is -2.32. The van der Waals surface area contributed by atoms with Gasteiger partial charge in [0, 0.05) is 13.1 Å². The minimum absolute atomic E-state index is 0. The van der Waals surface area contributed by atoms with Crippen molar-refractivity contribution >= 4 is 24.0 Å². The molecule has 0 radical (unpaired) electrons. The number of halogens is 1. The molecule has 1 amide bonds. The first kappa shape index (κ1) is 15.1. The highest BCUT2D eigenvalue weighted by Gasteiger charge is 2.47. The Bertz CT molecular complexity index is 487. The summed E-state index contributed by atoms with van der Waals surface area (Å²) in [6.07, 6.45) is 3.03. The van der Waals surface area contributed by atoms with Crippen molar-refractivity contribution in [2.75, 3.05) is 31.6 Å². The van der Waals surface area contributed by atoms with E-state index in [1.807, 2.05) is 29.2 Å². The molecule has 2 aliphatic heterocycles. The van der Waals surface area contributed by atoms with Crippen molar-refractivity contribution in [1.82, 2.24) is 5.32 Å². The van der Waals surface area contributed by atoms with Gasteiger partial charge in [0.1, 0.15) is 5.75 Å². The fourth-order valence-electron chi connectivity index (χ4n) is 3.27. The molecule has 0 bridgehead atoms. The van der Waals surface area contributed by atoms with Gasteiger partial charge in [0.05, 0.1) is 18.2 Å². The van der Waals surface area contributed by atoms with Gasteiger partial charge in [0.25, 0.3) is 0 Å². The molecule has 4 nitrogen and oxygen atoms in total. The van der Waals surface area contributed by atoms with Crippen LogP contribution < -0.4 is 15.0 Å². The zero-order valence-electron chi connectivity index (χ0n) is 11.7. The summed E-state index contributed by atoms with van der Waals surface area (Å²) >= 11 is 0. The van der Waals surface area contributed by atoms with Crippen LogP contribution in [0.1, 0.15) is 19.3 Å². The Kier molecular flexibility index (Phi) is 4.55. The SMILES string of the molecule is COc1ccccc1N1CCC2(CCCNC2)C1=O.Cl. The van der Waals surface area contributed by atoms with Crippen LogP contribution in [0.5, 0.6) is 5.75 Å². The van der Waals surface area contributed by atoms with Crippen molar-refractivity contribution in [2.45, 2.75) is 19.3 Å². The number of hydrogen-bond acceptors (Lipinski definition) is 3. The first-order valence-corrected chi connectivity index (χ1v) is 6.93. The maximum Gasteiger partial charge on any atom is 0.234 e. The quantitative estimate of drug-likeness (QED) is 0.910. The Labute approximate surface area is 125 Å². The van der Waals surface area contributed by atoms with E-state index in [0.717, 1.165) is 50.3 Å². The number of anilines is 1. The van der Waals surface area contributed by atoms with E-state index in [-0.39, 0.29) is 23.7 Å². The number of benzene rings is 1. The Balaban J connectivity index is 0.00000147. The lowest BCUT2D eigenvalue weighted by molar-refractivity contribution is -0.126. The molecule has 110 valence electrons. The molecular weight excluding hydrogens is 276 g/mol. The van der Waals surface area contributed by atoms with E-state index in [1.54, 1.807) is 7.11 Å². The Morgan fingerprint density at radius 2 is 2.10 bits per heavy atom. The summed E-state index contributed by atoms with van der Waals surface area (Å²) in [6.45, 7) is 2.64. The van der Waals surface area contributed by atoms with Gasteiger partial charge in [0.2, 0.25) is 5.91 Å². The van der Waals surface area contributed by atoms with Crippen LogP contribution in [0.3, 0.4) is 0 Å². The molecule has 2 heterocycles. The topological polar surface area (TPSA) is 41.6 Å². The second-order valence-electron chi connectivity index (χ2n) is 5.44. The normalized spacial score (nSPS) is 25.6. The number of hydrogen-bond donors (Lipinski definition) is 1. The maximum absolute atomic E-state index is 12.8. The summed E-state index contributed by atoms with van der Waals surface area (Å²) in [7, 11) is 1.65. The first-order chi connectivity index (χ1) is 9.27. The van der Waals surface area contributed by atoms with E-state index < -0.39 is 0 Å². The molecule has 1 spiro atoms. The van der Waals surface area contributed by atoms with E-state index >= 15 is 0 Å². The molecule has 20 heavy (non-hydrogen) atoms. The molecule has 3 rings (SSSR count). The number of methoxy groups -OCH3 is 1. The van der Waals surface area contributed by atoms with Crippen LogP contribution in [-0.4, -0.2) is 32.7 Å². The zero-order valence-corrected chi connectivity index (χ0v) is 12.5. The van der Waals surface area contributed by atoms with E-state index in [0.29, 0.717) is 0 Å². The van der Waals surface area contributed by atoms with Gasteiger partial charge in [-0.2, -0.15) is 0 Å². The van der Waals surface area contributed by atoms with Crippen molar-refractivity contribution in [2.24, 2.45) is 5.41 Å². The third-order valence-corrected chi connectivity index (χ3v) is 4.36. The lowest BCUT2D eigenvalue weighted by Crippen LogP contribution is -2.45. The molecule has 5 heteroatoms. The van der Waals surface area contributed by atoms with Gasteiger partial charge >= 0.3 is 0 Å². The van der Waals surface area contributed by atoms with Crippen LogP contribution in [0.25, 0.3) is 0 Å². The number of carbonyl (C=O) groups excluding carboxylic acids is 1. The van der Waals surface area contributed by atoms with Crippen LogP contribution >= 0.6 is 12.4 Å². The molecule has 1 aromatic rings. The van der Waals surface area contributed by atoms with Crippen LogP contribution in [0.2, 0.25) is 0 Å². The number of amides is 1. The summed E-state index contributed by atoms with van der Waals surface area (Å²) in [6, 6.07) is 7.76. The van der Waals surface area contributed by atoms with Crippen molar-refractivity contribution in [3.63, 3.8) is 0 Å². The van der Waals surface area contributed by atoms with Gasteiger partial charge in [-0.25, -0.2) is 0 Å². The van der Waals surface area contributed by atoms with E-state index in [4.69, 9.17) is 4.74 Å². The fourth-order valence-corrected chi connectivity index (χ4v) is 3.27. The second kappa shape index (κ2) is 6.02. The van der Waals surface area contributed by atoms with E-state index in [9.17, 15) is 4.79 Å². The molecule has 2 fully saturated rings. The van der Waals surface area contributed by atoms with Crippen molar-refractivity contribution < 1.29 is 9.53 Å². The van der Waals surface area contributed by atoms with Gasteiger partial charge < -0.3 is 15.0 Å². The van der Waals surface area contributed by atoms with Gasteiger partial charge in [0.15, 0.2) is 0 Å². The molecule has 0 saturated carbocycles. The largest absolute Gasteiger partial charge is 0.495 e. The summed E-state index contributed by atoms with van der Waals surface area (Å²) in [5.74, 6) is 1.03. The first-order valence-electron chi connectivity index (χ1n) is 6.93. The molecule has 0 aliphatic carbocycles. The number of nitrogens with one attached hydrogen (secondary N) is 1. The predicted octanol–water partition coefficient (Wildman–Crippen LogP) is 2.22. The van der Waals surface area contributed by atoms with E-state index in [1.165, 1.54) is 0 Å². The third-order valence-electron chi connectivity index (χ3n) is 4.36. The maximum atomic E-state index is 12.8. The molecule has 2 saturated heterocycles.